The Morgan fingerprint density at radius 3 is 2.69 bits per heavy atom. The fraction of sp³-hybridized carbons (Fsp3) is 0.375. The predicted molar refractivity (Wildman–Crippen MR) is 126 cm³/mol. The quantitative estimate of drug-likeness (QED) is 0.456. The Labute approximate surface area is 190 Å². The van der Waals surface area contributed by atoms with Crippen LogP contribution in [0, 0.1) is 12.7 Å². The third kappa shape index (κ3) is 4.86. The highest BCUT2D eigenvalue weighted by Crippen LogP contribution is 2.22. The molecule has 2 heterocycles. The lowest BCUT2D eigenvalue weighted by atomic mass is 10.1. The summed E-state index contributed by atoms with van der Waals surface area (Å²) >= 11 is 1.19. The van der Waals surface area contributed by atoms with E-state index >= 15 is 0 Å². The van der Waals surface area contributed by atoms with Crippen LogP contribution in [0.1, 0.15) is 25.3 Å². The third-order valence-electron chi connectivity index (χ3n) is 5.89. The molecule has 0 atom stereocenters. The van der Waals surface area contributed by atoms with E-state index in [1.165, 1.54) is 22.4 Å². The smallest absolute Gasteiger partial charge is 0.266 e. The normalized spacial score (nSPS) is 15.2. The number of amides is 1. The van der Waals surface area contributed by atoms with E-state index in [0.29, 0.717) is 27.3 Å². The number of hydrogen-bond donors (Lipinski definition) is 1. The molecule has 1 saturated heterocycles. The monoisotopic (exact) mass is 454 g/mol. The molecule has 2 aromatic carbocycles. The molecule has 0 saturated carbocycles. The third-order valence-corrected chi connectivity index (χ3v) is 6.83. The van der Waals surface area contributed by atoms with Crippen LogP contribution in [0.3, 0.4) is 0 Å². The largest absolute Gasteiger partial charge is 0.353 e. The number of benzene rings is 2. The number of carbonyl (C=O) groups excluding carboxylic acids is 1. The number of thioether (sulfide) groups is 1. The maximum atomic E-state index is 14.3. The van der Waals surface area contributed by atoms with Crippen LogP contribution < -0.4 is 10.9 Å². The van der Waals surface area contributed by atoms with Crippen molar-refractivity contribution in [2.24, 2.45) is 0 Å². The van der Waals surface area contributed by atoms with Crippen LogP contribution >= 0.6 is 11.8 Å². The second kappa shape index (κ2) is 9.83. The van der Waals surface area contributed by atoms with Gasteiger partial charge in [0.15, 0.2) is 5.16 Å². The summed E-state index contributed by atoms with van der Waals surface area (Å²) in [5, 5.41) is 3.92. The van der Waals surface area contributed by atoms with Gasteiger partial charge in [-0.05, 0) is 56.1 Å². The van der Waals surface area contributed by atoms with E-state index in [9.17, 15) is 14.0 Å². The van der Waals surface area contributed by atoms with Gasteiger partial charge in [0.05, 0.1) is 22.3 Å². The van der Waals surface area contributed by atoms with Crippen LogP contribution in [-0.4, -0.2) is 51.8 Å². The van der Waals surface area contributed by atoms with Gasteiger partial charge in [0.1, 0.15) is 5.82 Å². The molecule has 0 unspecified atom stereocenters. The number of rotatable bonds is 6. The molecule has 1 fully saturated rings. The number of carbonyl (C=O) groups is 1. The van der Waals surface area contributed by atoms with Gasteiger partial charge < -0.3 is 10.2 Å². The van der Waals surface area contributed by atoms with Gasteiger partial charge >= 0.3 is 0 Å². The first kappa shape index (κ1) is 22.5. The summed E-state index contributed by atoms with van der Waals surface area (Å²) in [6, 6.07) is 11.9. The molecule has 1 aromatic heterocycles. The SMILES string of the molecule is CCN1CCC(NC(=O)CSc2nc3ccccc3c(=O)n2-c2ccc(C)c(F)c2)CC1. The van der Waals surface area contributed by atoms with Crippen molar-refractivity contribution in [1.29, 1.82) is 0 Å². The zero-order valence-corrected chi connectivity index (χ0v) is 19.1. The molecule has 1 aliphatic heterocycles. The molecular formula is C24H27FN4O2S. The van der Waals surface area contributed by atoms with Crippen molar-refractivity contribution < 1.29 is 9.18 Å². The molecule has 6 nitrogen and oxygen atoms in total. The fourth-order valence-corrected chi connectivity index (χ4v) is 4.77. The van der Waals surface area contributed by atoms with Gasteiger partial charge in [0, 0.05) is 19.1 Å². The molecule has 1 amide bonds. The molecule has 0 spiro atoms. The summed E-state index contributed by atoms with van der Waals surface area (Å²) in [6.07, 6.45) is 1.87. The lowest BCUT2D eigenvalue weighted by Crippen LogP contribution is -2.45. The van der Waals surface area contributed by atoms with E-state index < -0.39 is 5.82 Å². The first-order chi connectivity index (χ1) is 15.5. The Bertz CT molecular complexity index is 1190. The molecule has 1 N–H and O–H groups in total. The van der Waals surface area contributed by atoms with E-state index in [4.69, 9.17) is 0 Å². The van der Waals surface area contributed by atoms with Gasteiger partial charge in [-0.3, -0.25) is 14.2 Å². The van der Waals surface area contributed by atoms with Crippen molar-refractivity contribution in [3.8, 4) is 5.69 Å². The van der Waals surface area contributed by atoms with Crippen molar-refractivity contribution in [3.05, 3.63) is 64.2 Å². The minimum atomic E-state index is -0.394. The van der Waals surface area contributed by atoms with Crippen molar-refractivity contribution in [2.75, 3.05) is 25.4 Å². The number of hydrogen-bond acceptors (Lipinski definition) is 5. The van der Waals surface area contributed by atoms with E-state index in [1.807, 2.05) is 6.07 Å². The first-order valence-electron chi connectivity index (χ1n) is 10.9. The molecule has 0 bridgehead atoms. The number of nitrogens with one attached hydrogen (secondary N) is 1. The highest BCUT2D eigenvalue weighted by atomic mass is 32.2. The van der Waals surface area contributed by atoms with E-state index in [2.05, 4.69) is 22.1 Å². The van der Waals surface area contributed by atoms with E-state index in [0.717, 1.165) is 32.5 Å². The molecule has 168 valence electrons. The molecule has 4 rings (SSSR count). The fourth-order valence-electron chi connectivity index (χ4n) is 3.95. The van der Waals surface area contributed by atoms with Crippen LogP contribution in [0.2, 0.25) is 0 Å². The molecule has 1 aliphatic rings. The Balaban J connectivity index is 1.58. The number of likely N-dealkylation sites (tertiary alicyclic amines) is 1. The molecule has 32 heavy (non-hydrogen) atoms. The van der Waals surface area contributed by atoms with Crippen LogP contribution in [0.15, 0.2) is 52.4 Å². The lowest BCUT2D eigenvalue weighted by Gasteiger charge is -2.31. The average molecular weight is 455 g/mol. The van der Waals surface area contributed by atoms with Gasteiger partial charge in [-0.25, -0.2) is 9.37 Å². The number of piperidine rings is 1. The van der Waals surface area contributed by atoms with Crippen LogP contribution in [-0.2, 0) is 4.79 Å². The maximum Gasteiger partial charge on any atom is 0.266 e. The summed E-state index contributed by atoms with van der Waals surface area (Å²) in [6.45, 7) is 6.82. The average Bonchev–Trinajstić information content (AvgIpc) is 2.80. The number of halogens is 1. The molecule has 8 heteroatoms. The van der Waals surface area contributed by atoms with Crippen molar-refractivity contribution in [2.45, 2.75) is 37.9 Å². The van der Waals surface area contributed by atoms with Gasteiger partial charge in [-0.2, -0.15) is 0 Å². The van der Waals surface area contributed by atoms with Gasteiger partial charge in [-0.1, -0.05) is 36.9 Å². The Hall–Kier alpha value is -2.71. The molecule has 0 radical (unpaired) electrons. The second-order valence-corrected chi connectivity index (χ2v) is 8.99. The van der Waals surface area contributed by atoms with Crippen LogP contribution in [0.25, 0.3) is 16.6 Å². The Morgan fingerprint density at radius 2 is 1.97 bits per heavy atom. The van der Waals surface area contributed by atoms with Gasteiger partial charge in [0.25, 0.3) is 5.56 Å². The Kier molecular flexibility index (Phi) is 6.91. The van der Waals surface area contributed by atoms with Crippen LogP contribution in [0.4, 0.5) is 4.39 Å². The number of nitrogens with zero attached hydrogens (tertiary/aromatic N) is 3. The number of para-hydroxylation sites is 1. The van der Waals surface area contributed by atoms with Crippen molar-refractivity contribution in [3.63, 3.8) is 0 Å². The number of aromatic nitrogens is 2. The number of fused-ring (bicyclic) bond motifs is 1. The van der Waals surface area contributed by atoms with Gasteiger partial charge in [0.2, 0.25) is 5.91 Å². The number of aryl methyl sites for hydroxylation is 1. The van der Waals surface area contributed by atoms with Crippen molar-refractivity contribution in [1.82, 2.24) is 19.8 Å². The summed E-state index contributed by atoms with van der Waals surface area (Å²) in [5.74, 6) is -0.351. The van der Waals surface area contributed by atoms with E-state index in [1.54, 1.807) is 37.3 Å². The highest BCUT2D eigenvalue weighted by Gasteiger charge is 2.21. The minimum Gasteiger partial charge on any atom is -0.353 e. The highest BCUT2D eigenvalue weighted by molar-refractivity contribution is 7.99. The first-order valence-corrected chi connectivity index (χ1v) is 11.9. The molecular weight excluding hydrogens is 427 g/mol. The summed E-state index contributed by atoms with van der Waals surface area (Å²) in [5.41, 5.74) is 1.16. The molecule has 0 aliphatic carbocycles. The zero-order chi connectivity index (χ0) is 22.7. The van der Waals surface area contributed by atoms with Crippen LogP contribution in [0.5, 0.6) is 0 Å². The summed E-state index contributed by atoms with van der Waals surface area (Å²) < 4.78 is 15.7. The topological polar surface area (TPSA) is 67.2 Å². The maximum absolute atomic E-state index is 14.3. The predicted octanol–water partition coefficient (Wildman–Crippen LogP) is 3.53. The van der Waals surface area contributed by atoms with Crippen molar-refractivity contribution >= 4 is 28.6 Å². The summed E-state index contributed by atoms with van der Waals surface area (Å²) in [4.78, 5) is 32.9. The summed E-state index contributed by atoms with van der Waals surface area (Å²) in [7, 11) is 0. The standard InChI is InChI=1S/C24H27FN4O2S/c1-3-28-12-10-17(11-13-28)26-22(30)15-32-24-27-21-7-5-4-6-19(21)23(31)29(24)18-9-8-16(2)20(25)14-18/h4-9,14,17H,3,10-13,15H2,1-2H3,(H,26,30). The lowest BCUT2D eigenvalue weighted by molar-refractivity contribution is -0.119. The minimum absolute atomic E-state index is 0.0889. The second-order valence-electron chi connectivity index (χ2n) is 8.05. The van der Waals surface area contributed by atoms with E-state index in [-0.39, 0.29) is 23.3 Å². The molecule has 3 aromatic rings. The zero-order valence-electron chi connectivity index (χ0n) is 18.3. The van der Waals surface area contributed by atoms with Gasteiger partial charge in [-0.15, -0.1) is 0 Å². The Morgan fingerprint density at radius 1 is 1.22 bits per heavy atom.